The van der Waals surface area contributed by atoms with Crippen molar-refractivity contribution in [3.63, 3.8) is 0 Å². The van der Waals surface area contributed by atoms with Crippen LogP contribution in [-0.2, 0) is 14.3 Å². The summed E-state index contributed by atoms with van der Waals surface area (Å²) in [5.74, 6) is -0.157. The molecule has 24 heavy (non-hydrogen) atoms. The second kappa shape index (κ2) is 8.67. The van der Waals surface area contributed by atoms with Crippen LogP contribution in [0.3, 0.4) is 0 Å². The predicted octanol–water partition coefficient (Wildman–Crippen LogP) is 4.30. The number of hydrogen-bond acceptors (Lipinski definition) is 4. The number of allylic oxidation sites excluding steroid dienone is 7. The summed E-state index contributed by atoms with van der Waals surface area (Å²) in [6.45, 7) is 10.1. The second-order valence-corrected chi connectivity index (χ2v) is 5.49. The maximum absolute atomic E-state index is 12.0. The van der Waals surface area contributed by atoms with Crippen molar-refractivity contribution >= 4 is 11.6 Å². The number of fused-ring (bicyclic) bond motifs is 3. The lowest BCUT2D eigenvalue weighted by molar-refractivity contribution is -0.120. The van der Waals surface area contributed by atoms with Crippen molar-refractivity contribution in [3.8, 4) is 0 Å². The monoisotopic (exact) mass is 332 g/mol. The number of carbonyl (C=O) groups excluding carboxylic acids is 2. The molecular formula is C20H28O4. The third-order valence-corrected chi connectivity index (χ3v) is 4.34. The number of methoxy groups -OCH3 is 1. The summed E-state index contributed by atoms with van der Waals surface area (Å²) in [5.41, 5.74) is 1.47. The Morgan fingerprint density at radius 2 is 1.71 bits per heavy atom. The minimum absolute atomic E-state index is 0.0721. The Morgan fingerprint density at radius 3 is 2.29 bits per heavy atom. The normalized spacial score (nSPS) is 27.5. The van der Waals surface area contributed by atoms with Crippen LogP contribution in [-0.4, -0.2) is 23.8 Å². The van der Waals surface area contributed by atoms with Crippen LogP contribution in [0.2, 0.25) is 0 Å². The lowest BCUT2D eigenvalue weighted by Crippen LogP contribution is -2.34. The van der Waals surface area contributed by atoms with Gasteiger partial charge in [-0.1, -0.05) is 46.8 Å². The van der Waals surface area contributed by atoms with Gasteiger partial charge in [-0.25, -0.2) is 0 Å². The van der Waals surface area contributed by atoms with E-state index in [0.29, 0.717) is 11.3 Å². The maximum atomic E-state index is 12.0. The Morgan fingerprint density at radius 1 is 1.08 bits per heavy atom. The molecular weight excluding hydrogens is 304 g/mol. The van der Waals surface area contributed by atoms with Crippen LogP contribution in [0.5, 0.6) is 0 Å². The Bertz CT molecular complexity index is 620. The van der Waals surface area contributed by atoms with Gasteiger partial charge in [0.15, 0.2) is 17.3 Å². The summed E-state index contributed by atoms with van der Waals surface area (Å²) in [4.78, 5) is 23.7. The van der Waals surface area contributed by atoms with Gasteiger partial charge >= 0.3 is 0 Å². The summed E-state index contributed by atoms with van der Waals surface area (Å²) in [7, 11) is 1.49. The van der Waals surface area contributed by atoms with E-state index in [9.17, 15) is 14.7 Å². The molecule has 132 valence electrons. The molecule has 0 spiro atoms. The van der Waals surface area contributed by atoms with Crippen molar-refractivity contribution in [1.82, 2.24) is 0 Å². The van der Waals surface area contributed by atoms with Gasteiger partial charge < -0.3 is 9.84 Å². The van der Waals surface area contributed by atoms with Crippen LogP contribution < -0.4 is 0 Å². The van der Waals surface area contributed by atoms with E-state index in [1.54, 1.807) is 6.08 Å². The zero-order valence-electron chi connectivity index (χ0n) is 15.4. The molecule has 4 heteroatoms. The van der Waals surface area contributed by atoms with Crippen LogP contribution in [0.4, 0.5) is 0 Å². The molecule has 0 aliphatic heterocycles. The average Bonchev–Trinajstić information content (AvgIpc) is 2.61. The van der Waals surface area contributed by atoms with E-state index in [1.807, 2.05) is 39.8 Å². The average molecular weight is 332 g/mol. The van der Waals surface area contributed by atoms with Gasteiger partial charge in [-0.15, -0.1) is 0 Å². The highest BCUT2D eigenvalue weighted by molar-refractivity contribution is 6.05. The van der Waals surface area contributed by atoms with Crippen molar-refractivity contribution in [2.75, 3.05) is 7.11 Å². The van der Waals surface area contributed by atoms with Gasteiger partial charge in [-0.05, 0) is 29.6 Å². The number of hydrogen-bond donors (Lipinski definition) is 1. The zero-order valence-corrected chi connectivity index (χ0v) is 15.4. The number of aliphatic hydroxyl groups excluding tert-OH is 1. The molecule has 1 N–H and O–H groups in total. The molecule has 0 heterocycles. The highest BCUT2D eigenvalue weighted by atomic mass is 16.5. The third-order valence-electron chi connectivity index (χ3n) is 4.34. The van der Waals surface area contributed by atoms with Gasteiger partial charge in [0.25, 0.3) is 0 Å². The van der Waals surface area contributed by atoms with E-state index in [4.69, 9.17) is 4.74 Å². The van der Waals surface area contributed by atoms with E-state index in [-0.39, 0.29) is 41.5 Å². The minimum Gasteiger partial charge on any atom is -0.504 e. The molecule has 0 radical (unpaired) electrons. The van der Waals surface area contributed by atoms with Crippen molar-refractivity contribution in [3.05, 3.63) is 47.0 Å². The number of ether oxygens (including phenoxy) is 1. The summed E-state index contributed by atoms with van der Waals surface area (Å²) in [6, 6.07) is 0. The first-order valence-corrected chi connectivity index (χ1v) is 8.69. The molecule has 3 rings (SSSR count). The molecule has 0 aromatic heterocycles. The first-order valence-electron chi connectivity index (χ1n) is 8.69. The standard InChI is InChI=1S/C16H16O4.2C2H6/c1-8-5-9-3-4-12(17)16(19)15(9)11-6-13(18)14(20-2)7-10(8)11;2*1-2/h3-5,7-8,10-11,19H,6H2,1-2H3;2*1-2H3/t8-,10?,11?;;/m0../s1. The van der Waals surface area contributed by atoms with E-state index >= 15 is 0 Å². The summed E-state index contributed by atoms with van der Waals surface area (Å²) in [6.07, 6.45) is 7.24. The molecule has 0 saturated heterocycles. The van der Waals surface area contributed by atoms with Crippen molar-refractivity contribution < 1.29 is 19.4 Å². The predicted molar refractivity (Wildman–Crippen MR) is 95.4 cm³/mol. The largest absolute Gasteiger partial charge is 0.504 e. The fourth-order valence-electron chi connectivity index (χ4n) is 3.35. The smallest absolute Gasteiger partial charge is 0.220 e. The molecule has 0 saturated carbocycles. The Kier molecular flexibility index (Phi) is 7.20. The highest BCUT2D eigenvalue weighted by Crippen LogP contribution is 2.46. The Hall–Kier alpha value is -2.10. The molecule has 3 aliphatic rings. The number of rotatable bonds is 1. The number of aliphatic hydroxyl groups is 1. The van der Waals surface area contributed by atoms with Crippen LogP contribution >= 0.6 is 0 Å². The van der Waals surface area contributed by atoms with Crippen molar-refractivity contribution in [2.24, 2.45) is 17.8 Å². The molecule has 4 nitrogen and oxygen atoms in total. The van der Waals surface area contributed by atoms with Gasteiger partial charge in [-0.3, -0.25) is 9.59 Å². The summed E-state index contributed by atoms with van der Waals surface area (Å²) in [5, 5.41) is 10.1. The maximum Gasteiger partial charge on any atom is 0.220 e. The van der Waals surface area contributed by atoms with Gasteiger partial charge in [0, 0.05) is 17.9 Å². The Labute approximate surface area is 144 Å². The van der Waals surface area contributed by atoms with Gasteiger partial charge in [0.1, 0.15) is 0 Å². The highest BCUT2D eigenvalue weighted by Gasteiger charge is 2.41. The molecule has 0 bridgehead atoms. The number of carbonyl (C=O) groups is 2. The second-order valence-electron chi connectivity index (χ2n) is 5.49. The lowest BCUT2D eigenvalue weighted by Gasteiger charge is -2.39. The van der Waals surface area contributed by atoms with E-state index < -0.39 is 0 Å². The van der Waals surface area contributed by atoms with E-state index in [0.717, 1.165) is 5.57 Å². The fourth-order valence-corrected chi connectivity index (χ4v) is 3.35. The summed E-state index contributed by atoms with van der Waals surface area (Å²) >= 11 is 0. The fraction of sp³-hybridized carbons (Fsp3) is 0.500. The van der Waals surface area contributed by atoms with Crippen molar-refractivity contribution in [1.29, 1.82) is 0 Å². The quantitative estimate of drug-likeness (QED) is 0.777. The van der Waals surface area contributed by atoms with Crippen molar-refractivity contribution in [2.45, 2.75) is 41.0 Å². The molecule has 2 unspecified atom stereocenters. The van der Waals surface area contributed by atoms with E-state index in [2.05, 4.69) is 6.92 Å². The third kappa shape index (κ3) is 3.53. The van der Waals surface area contributed by atoms with Crippen LogP contribution in [0, 0.1) is 17.8 Å². The SMILES string of the molecule is CC.CC.COC1=CC2C(CC1=O)C1=C(O)C(=O)C=CC1=C[C@@H]2C. The van der Waals surface area contributed by atoms with Gasteiger partial charge in [0.05, 0.1) is 7.11 Å². The number of ketones is 2. The van der Waals surface area contributed by atoms with E-state index in [1.165, 1.54) is 13.2 Å². The molecule has 0 aromatic rings. The Balaban J connectivity index is 0.000000671. The van der Waals surface area contributed by atoms with Crippen LogP contribution in [0.15, 0.2) is 47.0 Å². The molecule has 0 aromatic carbocycles. The molecule has 0 fully saturated rings. The first kappa shape index (κ1) is 19.9. The zero-order chi connectivity index (χ0) is 18.4. The van der Waals surface area contributed by atoms with Crippen LogP contribution in [0.25, 0.3) is 0 Å². The summed E-state index contributed by atoms with van der Waals surface area (Å²) < 4.78 is 5.12. The van der Waals surface area contributed by atoms with Gasteiger partial charge in [-0.2, -0.15) is 0 Å². The minimum atomic E-state index is -0.389. The molecule has 3 aliphatic carbocycles. The van der Waals surface area contributed by atoms with Crippen LogP contribution in [0.1, 0.15) is 41.0 Å². The molecule has 3 atom stereocenters. The molecule has 0 amide bonds. The topological polar surface area (TPSA) is 63.6 Å². The first-order chi connectivity index (χ1) is 11.5. The lowest BCUT2D eigenvalue weighted by atomic mass is 9.65. The number of Topliss-reactive ketones (excluding diaryl/α,β-unsaturated/α-hetero) is 1. The van der Waals surface area contributed by atoms with Gasteiger partial charge in [0.2, 0.25) is 5.78 Å².